The Kier molecular flexibility index (Phi) is 3.12. The van der Waals surface area contributed by atoms with Crippen LogP contribution in [0.25, 0.3) is 11.1 Å². The van der Waals surface area contributed by atoms with Gasteiger partial charge >= 0.3 is 0 Å². The number of hydrogen-bond donors (Lipinski definition) is 0. The Morgan fingerprint density at radius 1 is 1.29 bits per heavy atom. The van der Waals surface area contributed by atoms with Gasteiger partial charge < -0.3 is 14.1 Å². The van der Waals surface area contributed by atoms with Crippen molar-refractivity contribution in [1.29, 1.82) is 0 Å². The summed E-state index contributed by atoms with van der Waals surface area (Å²) < 4.78 is 11.7. The van der Waals surface area contributed by atoms with Crippen LogP contribution in [0.4, 0.5) is 6.01 Å². The molecule has 5 nitrogen and oxygen atoms in total. The van der Waals surface area contributed by atoms with Gasteiger partial charge in [-0.15, -0.1) is 11.3 Å². The van der Waals surface area contributed by atoms with E-state index in [0.29, 0.717) is 12.6 Å². The minimum Gasteiger partial charge on any atom is -0.423 e. The van der Waals surface area contributed by atoms with Gasteiger partial charge in [0.15, 0.2) is 5.58 Å². The second-order valence-corrected chi connectivity index (χ2v) is 5.99. The third-order valence-electron chi connectivity index (χ3n) is 3.53. The number of thiazole rings is 1. The number of benzene rings is 1. The molecule has 1 fully saturated rings. The first-order valence-electron chi connectivity index (χ1n) is 6.94. The molecule has 2 aromatic heterocycles. The van der Waals surface area contributed by atoms with Crippen molar-refractivity contribution in [2.45, 2.75) is 13.0 Å². The summed E-state index contributed by atoms with van der Waals surface area (Å²) >= 11 is 1.64. The predicted octanol–water partition coefficient (Wildman–Crippen LogP) is 3.17. The van der Waals surface area contributed by atoms with Crippen molar-refractivity contribution in [2.75, 3.05) is 24.6 Å². The standard InChI is InChI=1S/C15H15N3O2S/c1-10-9-21-14(16-10)13-8-18(6-7-19-13)15-17-11-4-2-3-5-12(11)20-15/h2-5,9,13H,6-8H2,1H3. The molecule has 1 unspecified atom stereocenters. The van der Waals surface area contributed by atoms with Crippen molar-refractivity contribution in [3.8, 4) is 0 Å². The highest BCUT2D eigenvalue weighted by atomic mass is 32.1. The first kappa shape index (κ1) is 12.8. The number of hydrogen-bond acceptors (Lipinski definition) is 6. The van der Waals surface area contributed by atoms with E-state index in [1.807, 2.05) is 31.2 Å². The molecule has 0 saturated carbocycles. The van der Waals surface area contributed by atoms with Crippen LogP contribution in [0.1, 0.15) is 16.8 Å². The molecule has 1 atom stereocenters. The second kappa shape index (κ2) is 5.13. The lowest BCUT2D eigenvalue weighted by molar-refractivity contribution is 0.0379. The van der Waals surface area contributed by atoms with Crippen LogP contribution in [-0.2, 0) is 4.74 Å². The summed E-state index contributed by atoms with van der Waals surface area (Å²) in [5.41, 5.74) is 2.75. The van der Waals surface area contributed by atoms with Crippen LogP contribution in [-0.4, -0.2) is 29.7 Å². The van der Waals surface area contributed by atoms with Gasteiger partial charge in [0.25, 0.3) is 6.01 Å². The Balaban J connectivity index is 1.60. The molecule has 0 radical (unpaired) electrons. The van der Waals surface area contributed by atoms with Crippen molar-refractivity contribution < 1.29 is 9.15 Å². The minimum atomic E-state index is -0.00698. The Hall–Kier alpha value is -1.92. The van der Waals surface area contributed by atoms with Gasteiger partial charge in [-0.2, -0.15) is 4.98 Å². The van der Waals surface area contributed by atoms with Gasteiger partial charge in [-0.1, -0.05) is 12.1 Å². The first-order valence-corrected chi connectivity index (χ1v) is 7.82. The van der Waals surface area contributed by atoms with Gasteiger partial charge in [0.2, 0.25) is 0 Å². The molecule has 1 aliphatic heterocycles. The van der Waals surface area contributed by atoms with E-state index in [9.17, 15) is 0 Å². The molecule has 0 spiro atoms. The topological polar surface area (TPSA) is 51.4 Å². The molecule has 0 bridgehead atoms. The Labute approximate surface area is 126 Å². The van der Waals surface area contributed by atoms with Gasteiger partial charge in [0.1, 0.15) is 16.6 Å². The fourth-order valence-corrected chi connectivity index (χ4v) is 3.32. The van der Waals surface area contributed by atoms with Crippen LogP contribution in [0.5, 0.6) is 0 Å². The quantitative estimate of drug-likeness (QED) is 0.727. The molecule has 3 heterocycles. The zero-order chi connectivity index (χ0) is 14.2. The zero-order valence-corrected chi connectivity index (χ0v) is 12.5. The Morgan fingerprint density at radius 2 is 2.19 bits per heavy atom. The Bertz CT molecular complexity index is 734. The number of fused-ring (bicyclic) bond motifs is 1. The van der Waals surface area contributed by atoms with Crippen molar-refractivity contribution in [2.24, 2.45) is 0 Å². The monoisotopic (exact) mass is 301 g/mol. The molecule has 6 heteroatoms. The molecular weight excluding hydrogens is 286 g/mol. The molecule has 1 saturated heterocycles. The molecule has 1 aromatic carbocycles. The SMILES string of the molecule is Cc1csc(C2CN(c3nc4ccccc4o3)CCO2)n1. The van der Waals surface area contributed by atoms with Crippen molar-refractivity contribution in [1.82, 2.24) is 9.97 Å². The zero-order valence-electron chi connectivity index (χ0n) is 11.7. The lowest BCUT2D eigenvalue weighted by atomic mass is 10.3. The smallest absolute Gasteiger partial charge is 0.298 e. The van der Waals surface area contributed by atoms with Crippen LogP contribution in [0.15, 0.2) is 34.1 Å². The van der Waals surface area contributed by atoms with Crippen LogP contribution in [0.3, 0.4) is 0 Å². The van der Waals surface area contributed by atoms with Gasteiger partial charge in [0.05, 0.1) is 13.2 Å². The van der Waals surface area contributed by atoms with E-state index in [1.165, 1.54) is 0 Å². The van der Waals surface area contributed by atoms with E-state index < -0.39 is 0 Å². The molecule has 1 aliphatic rings. The number of aryl methyl sites for hydroxylation is 1. The maximum absolute atomic E-state index is 5.84. The number of rotatable bonds is 2. The van der Waals surface area contributed by atoms with Gasteiger partial charge in [-0.05, 0) is 19.1 Å². The van der Waals surface area contributed by atoms with Crippen LogP contribution in [0, 0.1) is 6.92 Å². The molecule has 21 heavy (non-hydrogen) atoms. The molecule has 0 aliphatic carbocycles. The van der Waals surface area contributed by atoms with Gasteiger partial charge in [-0.3, -0.25) is 0 Å². The number of para-hydroxylation sites is 2. The molecule has 0 amide bonds. The number of ether oxygens (including phenoxy) is 1. The third kappa shape index (κ3) is 2.41. The maximum Gasteiger partial charge on any atom is 0.298 e. The maximum atomic E-state index is 5.84. The lowest BCUT2D eigenvalue weighted by Gasteiger charge is -2.30. The summed E-state index contributed by atoms with van der Waals surface area (Å²) in [5.74, 6) is 0. The van der Waals surface area contributed by atoms with E-state index >= 15 is 0 Å². The molecule has 108 valence electrons. The number of morpholine rings is 1. The highest BCUT2D eigenvalue weighted by Gasteiger charge is 2.27. The normalized spacial score (nSPS) is 19.3. The van der Waals surface area contributed by atoms with E-state index in [2.05, 4.69) is 20.2 Å². The molecule has 3 aromatic rings. The van der Waals surface area contributed by atoms with E-state index in [0.717, 1.165) is 34.9 Å². The fourth-order valence-electron chi connectivity index (χ4n) is 2.49. The number of anilines is 1. The first-order chi connectivity index (χ1) is 10.3. The largest absolute Gasteiger partial charge is 0.423 e. The number of nitrogens with zero attached hydrogens (tertiary/aromatic N) is 3. The van der Waals surface area contributed by atoms with Crippen LogP contribution in [0.2, 0.25) is 0 Å². The number of oxazole rings is 1. The molecule has 0 N–H and O–H groups in total. The fraction of sp³-hybridized carbons (Fsp3) is 0.333. The summed E-state index contributed by atoms with van der Waals surface area (Å²) in [6.45, 7) is 4.16. The van der Waals surface area contributed by atoms with Crippen LogP contribution >= 0.6 is 11.3 Å². The highest BCUT2D eigenvalue weighted by molar-refractivity contribution is 7.09. The summed E-state index contributed by atoms with van der Waals surface area (Å²) in [6.07, 6.45) is -0.00698. The third-order valence-corrected chi connectivity index (χ3v) is 4.59. The number of aromatic nitrogens is 2. The molecule has 4 rings (SSSR count). The van der Waals surface area contributed by atoms with Crippen molar-refractivity contribution in [3.63, 3.8) is 0 Å². The average molecular weight is 301 g/mol. The van der Waals surface area contributed by atoms with E-state index in [4.69, 9.17) is 9.15 Å². The summed E-state index contributed by atoms with van der Waals surface area (Å²) in [4.78, 5) is 11.2. The Morgan fingerprint density at radius 3 is 3.00 bits per heavy atom. The predicted molar refractivity (Wildman–Crippen MR) is 81.8 cm³/mol. The van der Waals surface area contributed by atoms with E-state index in [-0.39, 0.29) is 6.10 Å². The molecular formula is C15H15N3O2S. The summed E-state index contributed by atoms with van der Waals surface area (Å²) in [6, 6.07) is 8.49. The van der Waals surface area contributed by atoms with Crippen molar-refractivity contribution >= 4 is 28.5 Å². The average Bonchev–Trinajstić information content (AvgIpc) is 3.13. The van der Waals surface area contributed by atoms with Gasteiger partial charge in [0, 0.05) is 17.6 Å². The van der Waals surface area contributed by atoms with Gasteiger partial charge in [-0.25, -0.2) is 4.98 Å². The highest BCUT2D eigenvalue weighted by Crippen LogP contribution is 2.29. The summed E-state index contributed by atoms with van der Waals surface area (Å²) in [7, 11) is 0. The lowest BCUT2D eigenvalue weighted by Crippen LogP contribution is -2.38. The second-order valence-electron chi connectivity index (χ2n) is 5.10. The minimum absolute atomic E-state index is 0.00698. The summed E-state index contributed by atoms with van der Waals surface area (Å²) in [5, 5.41) is 3.07. The van der Waals surface area contributed by atoms with E-state index in [1.54, 1.807) is 11.3 Å². The van der Waals surface area contributed by atoms with Crippen molar-refractivity contribution in [3.05, 3.63) is 40.3 Å². The van der Waals surface area contributed by atoms with Crippen LogP contribution < -0.4 is 4.90 Å².